The van der Waals surface area contributed by atoms with E-state index in [0.29, 0.717) is 22.2 Å². The Balaban J connectivity index is 0.000000355. The Bertz CT molecular complexity index is 2040. The first-order chi connectivity index (χ1) is 28.1. The summed E-state index contributed by atoms with van der Waals surface area (Å²) in [4.78, 5) is 55.1. The molecule has 1 atom stereocenters. The van der Waals surface area contributed by atoms with Gasteiger partial charge in [-0.2, -0.15) is 0 Å². The molecule has 0 saturated heterocycles. The number of aliphatic imine (C=N–C) groups is 1. The molecule has 59 heavy (non-hydrogen) atoms. The van der Waals surface area contributed by atoms with Gasteiger partial charge < -0.3 is 5.32 Å². The molecule has 5 aromatic heterocycles. The summed E-state index contributed by atoms with van der Waals surface area (Å²) >= 11 is 16.5. The zero-order valence-electron chi connectivity index (χ0n) is 35.6. The van der Waals surface area contributed by atoms with Crippen molar-refractivity contribution in [2.24, 2.45) is 4.99 Å². The third-order valence-corrected chi connectivity index (χ3v) is 10.9. The van der Waals surface area contributed by atoms with Crippen LogP contribution in [0.5, 0.6) is 0 Å². The molecule has 0 fully saturated rings. The number of amidine groups is 1. The van der Waals surface area contributed by atoms with E-state index in [2.05, 4.69) is 89.9 Å². The molecular formula is C39H52BrClN12OS5. The molecule has 20 heteroatoms. The zero-order valence-corrected chi connectivity index (χ0v) is 42.0. The molecule has 0 bridgehead atoms. The summed E-state index contributed by atoms with van der Waals surface area (Å²) in [5, 5.41) is 8.37. The van der Waals surface area contributed by atoms with Gasteiger partial charge in [0.05, 0.1) is 11.7 Å². The number of carbonyl (C=O) groups is 1. The van der Waals surface area contributed by atoms with E-state index in [1.54, 1.807) is 65.6 Å². The minimum atomic E-state index is 0.301. The Morgan fingerprint density at radius 2 is 1.08 bits per heavy atom. The number of nitrogens with zero attached hydrogens (tertiary/aromatic N) is 11. The highest BCUT2D eigenvalue weighted by molar-refractivity contribution is 9.08. The van der Waals surface area contributed by atoms with Crippen molar-refractivity contribution in [3.05, 3.63) is 105 Å². The molecule has 1 unspecified atom stereocenters. The fourth-order valence-corrected chi connectivity index (χ4v) is 6.05. The molecule has 0 amide bonds. The third-order valence-electron chi connectivity index (χ3n) is 7.31. The minimum Gasteiger partial charge on any atom is -0.341 e. The average Bonchev–Trinajstić information content (AvgIpc) is 3.25. The number of hydrogen-bond donors (Lipinski definition) is 1. The van der Waals surface area contributed by atoms with Crippen LogP contribution in [0.15, 0.2) is 80.8 Å². The van der Waals surface area contributed by atoms with Crippen molar-refractivity contribution in [2.45, 2.75) is 87.4 Å². The van der Waals surface area contributed by atoms with Crippen LogP contribution in [0.2, 0.25) is 5.28 Å². The van der Waals surface area contributed by atoms with E-state index in [9.17, 15) is 4.79 Å². The molecule has 1 aliphatic rings. The van der Waals surface area contributed by atoms with Gasteiger partial charge in [0, 0.05) is 60.6 Å². The van der Waals surface area contributed by atoms with Gasteiger partial charge in [0.25, 0.3) is 0 Å². The molecule has 5 aromatic rings. The van der Waals surface area contributed by atoms with Crippen molar-refractivity contribution in [1.82, 2.24) is 55.2 Å². The summed E-state index contributed by atoms with van der Waals surface area (Å²) in [5.41, 5.74) is 9.14. The first-order valence-electron chi connectivity index (χ1n) is 17.6. The van der Waals surface area contributed by atoms with E-state index in [0.717, 1.165) is 71.5 Å². The highest BCUT2D eigenvalue weighted by Gasteiger charge is 2.08. The number of aldehydes is 1. The normalized spacial score (nSPS) is 12.3. The number of rotatable bonds is 6. The molecule has 0 spiro atoms. The van der Waals surface area contributed by atoms with Gasteiger partial charge in [-0.1, -0.05) is 74.7 Å². The second-order valence-electron chi connectivity index (χ2n) is 11.9. The van der Waals surface area contributed by atoms with Crippen LogP contribution in [-0.4, -0.2) is 98.6 Å². The third kappa shape index (κ3) is 22.3. The number of halogens is 2. The molecule has 6 heterocycles. The van der Waals surface area contributed by atoms with E-state index >= 15 is 0 Å². The Morgan fingerprint density at radius 3 is 1.53 bits per heavy atom. The highest BCUT2D eigenvalue weighted by atomic mass is 79.9. The topological polar surface area (TPSA) is 170 Å². The lowest BCUT2D eigenvalue weighted by molar-refractivity contribution is 0.111. The maximum absolute atomic E-state index is 10.4. The van der Waals surface area contributed by atoms with Crippen LogP contribution < -0.4 is 5.32 Å². The molecule has 0 aromatic carbocycles. The van der Waals surface area contributed by atoms with Gasteiger partial charge in [-0.15, -0.1) is 0 Å². The lowest BCUT2D eigenvalue weighted by atomic mass is 10.2. The van der Waals surface area contributed by atoms with Crippen LogP contribution in [0.25, 0.3) is 0 Å². The largest absolute Gasteiger partial charge is 0.341 e. The van der Waals surface area contributed by atoms with E-state index in [1.807, 2.05) is 104 Å². The molecule has 13 nitrogen and oxygen atoms in total. The second kappa shape index (κ2) is 30.8. The SMILES string of the molecule is CSC1=NC(C)C(C)=CN1.CSc1ncc(C)c(C)n1.CSc1ncc(C)c(C=O)n1.CSc1ncc(C)c(CBr)n1.CSc1ncc(C)cn1.Cc1cnc(Cl)nc1. The van der Waals surface area contributed by atoms with E-state index in [1.165, 1.54) is 17.3 Å². The lowest BCUT2D eigenvalue weighted by Gasteiger charge is -2.15. The Hall–Kier alpha value is -3.20. The number of thioether (sulfide) groups is 5. The second-order valence-corrected chi connectivity index (χ2v) is 16.7. The van der Waals surface area contributed by atoms with Crippen LogP contribution >= 0.6 is 86.3 Å². The van der Waals surface area contributed by atoms with Crippen LogP contribution in [0.1, 0.15) is 63.5 Å². The number of carbonyl (C=O) groups excluding carboxylic acids is 1. The Kier molecular flexibility index (Phi) is 28.1. The fraction of sp³-hybridized carbons (Fsp3) is 0.385. The van der Waals surface area contributed by atoms with E-state index in [4.69, 9.17) is 11.6 Å². The molecule has 0 aliphatic carbocycles. The lowest BCUT2D eigenvalue weighted by Crippen LogP contribution is -2.22. The van der Waals surface area contributed by atoms with Gasteiger partial charge in [-0.25, -0.2) is 49.8 Å². The van der Waals surface area contributed by atoms with Gasteiger partial charge in [0.1, 0.15) is 5.69 Å². The number of aromatic nitrogens is 10. The molecular weight excluding hydrogens is 928 g/mol. The maximum Gasteiger partial charge on any atom is 0.222 e. The van der Waals surface area contributed by atoms with Crippen molar-refractivity contribution in [3.63, 3.8) is 0 Å². The minimum absolute atomic E-state index is 0.301. The first kappa shape index (κ1) is 53.8. The molecule has 1 N–H and O–H groups in total. The summed E-state index contributed by atoms with van der Waals surface area (Å²) in [6, 6.07) is 0.351. The summed E-state index contributed by atoms with van der Waals surface area (Å²) in [5.74, 6) is 0. The van der Waals surface area contributed by atoms with Crippen LogP contribution in [-0.2, 0) is 5.33 Å². The summed E-state index contributed by atoms with van der Waals surface area (Å²) in [6.07, 6.45) is 24.9. The number of hydrogen-bond acceptors (Lipinski definition) is 18. The average molecular weight is 981 g/mol. The van der Waals surface area contributed by atoms with E-state index < -0.39 is 0 Å². The maximum atomic E-state index is 10.4. The van der Waals surface area contributed by atoms with Crippen molar-refractivity contribution in [3.8, 4) is 0 Å². The van der Waals surface area contributed by atoms with Gasteiger partial charge in [0.15, 0.2) is 32.1 Å². The van der Waals surface area contributed by atoms with Gasteiger partial charge in [-0.3, -0.25) is 9.79 Å². The fourth-order valence-electron chi connectivity index (χ4n) is 3.54. The quantitative estimate of drug-likeness (QED) is 0.0737. The Labute approximate surface area is 384 Å². The van der Waals surface area contributed by atoms with E-state index in [-0.39, 0.29) is 0 Å². The predicted octanol–water partition coefficient (Wildman–Crippen LogP) is 10.1. The van der Waals surface area contributed by atoms with Gasteiger partial charge >= 0.3 is 0 Å². The van der Waals surface area contributed by atoms with Crippen molar-refractivity contribution >= 4 is 97.8 Å². The van der Waals surface area contributed by atoms with Crippen LogP contribution in [0.4, 0.5) is 0 Å². The monoisotopic (exact) mass is 978 g/mol. The van der Waals surface area contributed by atoms with Gasteiger partial charge in [0.2, 0.25) is 5.28 Å². The molecule has 318 valence electrons. The summed E-state index contributed by atoms with van der Waals surface area (Å²) in [7, 11) is 0. The molecule has 1 aliphatic heterocycles. The number of aryl methyl sites for hydroxylation is 6. The smallest absolute Gasteiger partial charge is 0.222 e. The first-order valence-corrected chi connectivity index (χ1v) is 25.2. The zero-order chi connectivity index (χ0) is 44.3. The standard InChI is InChI=1S/C7H9BrN2S.C7H8N2OS.C7H12N2S.C7H10N2S.C6H8N2S.C5H5ClN2/c1-5-4-9-7(11-2)10-6(5)3-8;1-5-3-8-7(11-2)9-6(5)4-10;2*1-5-4-8-7(10-3)9-6(5)2;1-5-3-7-6(9-2)8-4-5;1-4-2-7-5(6)8-3-4/h4H,3H2,1-2H3;3-4H,1-2H3;4,6H,1-3H3,(H,8,9);4H,1-3H3;3-4H,1-2H3;2-3H,1H3. The van der Waals surface area contributed by atoms with Crippen LogP contribution in [0.3, 0.4) is 0 Å². The van der Waals surface area contributed by atoms with Crippen molar-refractivity contribution < 1.29 is 4.79 Å². The number of alkyl halides is 1. The van der Waals surface area contributed by atoms with Crippen LogP contribution in [0, 0.1) is 41.5 Å². The number of nitrogens with one attached hydrogen (secondary N) is 1. The van der Waals surface area contributed by atoms with Crippen molar-refractivity contribution in [2.75, 3.05) is 31.3 Å². The molecule has 0 radical (unpaired) electrons. The molecule has 0 saturated carbocycles. The Morgan fingerprint density at radius 1 is 0.627 bits per heavy atom. The summed E-state index contributed by atoms with van der Waals surface area (Å²) in [6.45, 7) is 15.9. The highest BCUT2D eigenvalue weighted by Crippen LogP contribution is 2.14. The molecule has 6 rings (SSSR count). The summed E-state index contributed by atoms with van der Waals surface area (Å²) < 4.78 is 0. The van der Waals surface area contributed by atoms with Gasteiger partial charge in [-0.05, 0) is 132 Å². The predicted molar refractivity (Wildman–Crippen MR) is 256 cm³/mol. The van der Waals surface area contributed by atoms with Crippen molar-refractivity contribution in [1.29, 1.82) is 0 Å².